The Morgan fingerprint density at radius 1 is 0.448 bits per heavy atom. The molecule has 2 aliphatic rings. The van der Waals surface area contributed by atoms with Crippen molar-refractivity contribution < 1.29 is 68.2 Å². The quantitative estimate of drug-likeness (QED) is 0.0404. The molecule has 0 aromatic rings. The Labute approximate surface area is 427 Å². The Bertz CT molecular complexity index is 1300. The molecule has 0 atom stereocenters. The summed E-state index contributed by atoms with van der Waals surface area (Å²) in [6.45, 7) is 34.7. The van der Waals surface area contributed by atoms with Crippen LogP contribution in [0.1, 0.15) is 149 Å². The Hall–Kier alpha value is -0.391. The zero-order valence-electron chi connectivity index (χ0n) is 46.8. The Balaban J connectivity index is 0. The SMILES string of the molecule is CC1(C)OCC(C=NCCN=CC2=C([O-])C(C)(C)OC2)=C1[O-].COC(C)(C)CC[PH+](CCC(C)(C)OC)CCC(C)(C)OC.COC(C)(C)CC[PH+](CCC(C)(C)OC)CCC(C)(C)OC.[99Tc]. The summed E-state index contributed by atoms with van der Waals surface area (Å²) in [5, 5.41) is 23.8. The monoisotopic (exact) mass is 1080 g/mol. The minimum Gasteiger partial charge on any atom is -0.873 e. The molecule has 0 bridgehead atoms. The third kappa shape index (κ3) is 29.7. The zero-order valence-corrected chi connectivity index (χ0v) is 50.7. The van der Waals surface area contributed by atoms with Crippen LogP contribution in [-0.4, -0.2) is 163 Å². The van der Waals surface area contributed by atoms with Crippen LogP contribution in [-0.2, 0) is 58.0 Å². The van der Waals surface area contributed by atoms with Crippen LogP contribution in [0, 0.1) is 0 Å². The summed E-state index contributed by atoms with van der Waals surface area (Å²) in [4.78, 5) is 8.36. The van der Waals surface area contributed by atoms with Gasteiger partial charge in [0.25, 0.3) is 0 Å². The van der Waals surface area contributed by atoms with Crippen molar-refractivity contribution in [3.05, 3.63) is 22.7 Å². The van der Waals surface area contributed by atoms with Gasteiger partial charge in [-0.2, -0.15) is 0 Å². The molecular weight excluding hydrogens is 973 g/mol. The van der Waals surface area contributed by atoms with Gasteiger partial charge in [-0.05, 0) is 122 Å². The molecule has 0 spiro atoms. The first-order valence-electron chi connectivity index (χ1n) is 24.2. The largest absolute Gasteiger partial charge is 0.873 e. The summed E-state index contributed by atoms with van der Waals surface area (Å²) in [5.41, 5.74) is -0.376. The van der Waals surface area contributed by atoms with E-state index in [0.717, 1.165) is 38.5 Å². The van der Waals surface area contributed by atoms with E-state index in [9.17, 15) is 10.2 Å². The summed E-state index contributed by atoms with van der Waals surface area (Å²) in [7, 11) is 10.1. The standard InChI is InChI=1S/2C18H39O3P.C16H24N2O4.Tc/c2*1-16(2,19-7)10-13-22(14-11-17(3,4)20-8)15-12-18(5,6)21-9;1-15(2)13(19)11(9-21-15)7-17-5-6-18-8-12-10-22-16(3,4)14(12)20;/h2*10-15H2,1-9H3;7-8,19-20H,5-6,9-10H2,1-4H3;/i;;;1+1. The molecule has 0 N–H and O–H groups in total. The summed E-state index contributed by atoms with van der Waals surface area (Å²) in [6.07, 6.45) is 17.7. The molecule has 15 heteroatoms. The Morgan fingerprint density at radius 3 is 0.791 bits per heavy atom. The minimum atomic E-state index is -0.744. The number of ether oxygens (including phenoxy) is 8. The molecule has 0 aromatic heterocycles. The van der Waals surface area contributed by atoms with Gasteiger partial charge < -0.3 is 48.1 Å². The van der Waals surface area contributed by atoms with E-state index in [2.05, 4.69) is 93.1 Å². The van der Waals surface area contributed by atoms with Gasteiger partial charge in [0.2, 0.25) is 0 Å². The van der Waals surface area contributed by atoms with Gasteiger partial charge in [0.15, 0.2) is 0 Å². The average Bonchev–Trinajstić information content (AvgIpc) is 3.67. The molecule has 0 unspecified atom stereocenters. The molecule has 0 fully saturated rings. The van der Waals surface area contributed by atoms with Gasteiger partial charge >= 0.3 is 0 Å². The number of hydrogen-bond acceptors (Lipinski definition) is 12. The maximum atomic E-state index is 11.9. The van der Waals surface area contributed by atoms with Gasteiger partial charge in [0.1, 0.15) is 0 Å². The Morgan fingerprint density at radius 2 is 0.642 bits per heavy atom. The minimum absolute atomic E-state index is 0. The number of rotatable bonds is 29. The van der Waals surface area contributed by atoms with Crippen LogP contribution < -0.4 is 10.2 Å². The summed E-state index contributed by atoms with van der Waals surface area (Å²) < 4.78 is 44.3. The van der Waals surface area contributed by atoms with E-state index in [1.165, 1.54) is 37.0 Å². The van der Waals surface area contributed by atoms with E-state index < -0.39 is 27.0 Å². The van der Waals surface area contributed by atoms with Crippen LogP contribution in [0.25, 0.3) is 0 Å². The maximum Gasteiger partial charge on any atom is 0.0745 e. The third-order valence-electron chi connectivity index (χ3n) is 13.5. The molecular formula is C52H102N2O10P2Tc. The first kappa shape index (κ1) is 68.7. The van der Waals surface area contributed by atoms with Crippen LogP contribution in [0.5, 0.6) is 0 Å². The maximum absolute atomic E-state index is 11.9. The molecule has 67 heavy (non-hydrogen) atoms. The first-order valence-corrected chi connectivity index (χ1v) is 28.5. The van der Waals surface area contributed by atoms with Crippen molar-refractivity contribution in [2.24, 2.45) is 9.98 Å². The zero-order chi connectivity index (χ0) is 51.3. The van der Waals surface area contributed by atoms with Gasteiger partial charge in [-0.1, -0.05) is 11.5 Å². The van der Waals surface area contributed by atoms with E-state index in [0.29, 0.717) is 37.4 Å². The first-order chi connectivity index (χ1) is 30.2. The molecule has 2 heterocycles. The molecule has 0 amide bonds. The molecule has 2 aliphatic heterocycles. The molecule has 1 radical (unpaired) electrons. The molecule has 0 aliphatic carbocycles. The van der Waals surface area contributed by atoms with Crippen LogP contribution in [0.3, 0.4) is 0 Å². The molecule has 2 rings (SSSR count). The molecule has 0 saturated heterocycles. The average molecular weight is 1080 g/mol. The van der Waals surface area contributed by atoms with Gasteiger partial charge in [0, 0.05) is 130 Å². The van der Waals surface area contributed by atoms with Crippen molar-refractivity contribution in [3.63, 3.8) is 0 Å². The smallest absolute Gasteiger partial charge is 0.0745 e. The fourth-order valence-electron chi connectivity index (χ4n) is 6.44. The summed E-state index contributed by atoms with van der Waals surface area (Å²) in [5.74, 6) is -0.0440. The van der Waals surface area contributed by atoms with Crippen LogP contribution in [0.15, 0.2) is 32.6 Å². The van der Waals surface area contributed by atoms with Gasteiger partial charge in [0.05, 0.1) is 108 Å². The van der Waals surface area contributed by atoms with Crippen molar-refractivity contribution in [2.75, 3.05) is 106 Å². The van der Waals surface area contributed by atoms with Crippen molar-refractivity contribution in [1.29, 1.82) is 0 Å². The normalized spacial score (nSPS) is 17.1. The topological polar surface area (TPSA) is 145 Å². The van der Waals surface area contributed by atoms with Crippen LogP contribution >= 0.6 is 15.8 Å². The molecule has 397 valence electrons. The van der Waals surface area contributed by atoms with Crippen molar-refractivity contribution >= 4 is 28.3 Å². The third-order valence-corrected chi connectivity index (χ3v) is 19.2. The molecule has 0 saturated carbocycles. The predicted octanol–water partition coefficient (Wildman–Crippen LogP) is 9.26. The summed E-state index contributed by atoms with van der Waals surface area (Å²) in [6, 6.07) is 0. The van der Waals surface area contributed by atoms with E-state index >= 15 is 0 Å². The molecule has 0 aromatic carbocycles. The van der Waals surface area contributed by atoms with Crippen molar-refractivity contribution in [3.8, 4) is 0 Å². The van der Waals surface area contributed by atoms with Gasteiger partial charge in [-0.25, -0.2) is 0 Å². The van der Waals surface area contributed by atoms with Crippen molar-refractivity contribution in [2.45, 2.75) is 194 Å². The van der Waals surface area contributed by atoms with Gasteiger partial charge in [-0.3, -0.25) is 9.98 Å². The molecule has 12 nitrogen and oxygen atoms in total. The number of nitrogens with zero attached hydrogens (tertiary/aromatic N) is 2. The van der Waals surface area contributed by atoms with Crippen LogP contribution in [0.2, 0.25) is 0 Å². The fourth-order valence-corrected chi connectivity index (χ4v) is 13.7. The van der Waals surface area contributed by atoms with E-state index in [1.54, 1.807) is 40.1 Å². The number of methoxy groups -OCH3 is 6. The second-order valence-electron chi connectivity index (χ2n) is 22.7. The van der Waals surface area contributed by atoms with E-state index in [4.69, 9.17) is 37.9 Å². The second-order valence-corrected chi connectivity index (χ2v) is 28.7. The Kier molecular flexibility index (Phi) is 32.0. The van der Waals surface area contributed by atoms with Crippen molar-refractivity contribution in [1.82, 2.24) is 0 Å². The van der Waals surface area contributed by atoms with Gasteiger partial charge in [-0.15, -0.1) is 0 Å². The number of aliphatic imine (C=N–C) groups is 2. The van der Waals surface area contributed by atoms with E-state index in [1.807, 2.05) is 42.7 Å². The summed E-state index contributed by atoms with van der Waals surface area (Å²) >= 11 is 0. The number of hydrogen-bond donors (Lipinski definition) is 0. The fraction of sp³-hybridized carbons (Fsp3) is 0.885. The van der Waals surface area contributed by atoms with Crippen LogP contribution in [0.4, 0.5) is 0 Å². The second kappa shape index (κ2) is 31.3. The predicted molar refractivity (Wildman–Crippen MR) is 281 cm³/mol. The van der Waals surface area contributed by atoms with E-state index in [-0.39, 0.29) is 65.2 Å².